The van der Waals surface area contributed by atoms with Crippen LogP contribution >= 0.6 is 0 Å². The maximum absolute atomic E-state index is 3.91. The Morgan fingerprint density at radius 3 is 3.11 bits per heavy atom. The van der Waals surface area contributed by atoms with Gasteiger partial charge in [-0.1, -0.05) is 0 Å². The lowest BCUT2D eigenvalue weighted by atomic mass is 10.6. The van der Waals surface area contributed by atoms with Gasteiger partial charge in [0.1, 0.15) is 12.1 Å². The number of hydrogen-bond donors (Lipinski definition) is 1. The van der Waals surface area contributed by atoms with Crippen molar-refractivity contribution < 1.29 is 0 Å². The molecular weight excluding hydrogens is 114 g/mol. The van der Waals surface area contributed by atoms with E-state index < -0.39 is 0 Å². The topological polar surface area (TPSA) is 37.8 Å². The molecule has 0 amide bonds. The van der Waals surface area contributed by atoms with Crippen molar-refractivity contribution in [1.82, 2.24) is 9.97 Å². The van der Waals surface area contributed by atoms with Crippen LogP contribution in [-0.2, 0) is 0 Å². The van der Waals surface area contributed by atoms with Gasteiger partial charge in [0.25, 0.3) is 0 Å². The smallest absolute Gasteiger partial charge is 0.129 e. The van der Waals surface area contributed by atoms with Crippen LogP contribution in [0.25, 0.3) is 0 Å². The predicted octanol–water partition coefficient (Wildman–Crippen LogP) is 0.723. The third kappa shape index (κ3) is 1.68. The first-order chi connectivity index (χ1) is 4.43. The lowest BCUT2D eigenvalue weighted by molar-refractivity contribution is 1.14. The van der Waals surface area contributed by atoms with Crippen molar-refractivity contribution in [2.75, 3.05) is 11.9 Å². The maximum Gasteiger partial charge on any atom is 0.129 e. The Hall–Kier alpha value is -1.12. The van der Waals surface area contributed by atoms with Crippen molar-refractivity contribution in [1.29, 1.82) is 0 Å². The molecule has 0 aliphatic carbocycles. The first-order valence-corrected chi connectivity index (χ1v) is 2.72. The Labute approximate surface area is 54.2 Å². The fraction of sp³-hybridized carbons (Fsp3) is 0.167. The van der Waals surface area contributed by atoms with E-state index in [1.54, 1.807) is 12.3 Å². The minimum Gasteiger partial charge on any atom is -0.370 e. The van der Waals surface area contributed by atoms with Crippen LogP contribution < -0.4 is 5.32 Å². The number of anilines is 1. The highest BCUT2D eigenvalue weighted by Crippen LogP contribution is 1.94. The summed E-state index contributed by atoms with van der Waals surface area (Å²) in [4.78, 5) is 7.66. The van der Waals surface area contributed by atoms with E-state index in [1.165, 1.54) is 6.33 Å². The van der Waals surface area contributed by atoms with Gasteiger partial charge >= 0.3 is 0 Å². The van der Waals surface area contributed by atoms with Crippen molar-refractivity contribution in [3.63, 3.8) is 0 Å². The summed E-state index contributed by atoms with van der Waals surface area (Å²) in [5, 5.41) is 2.95. The normalized spacial score (nSPS) is 9.00. The molecule has 0 unspecified atom stereocenters. The van der Waals surface area contributed by atoms with Crippen LogP contribution in [0.15, 0.2) is 18.6 Å². The van der Waals surface area contributed by atoms with Crippen molar-refractivity contribution >= 4 is 5.82 Å². The zero-order valence-corrected chi connectivity index (χ0v) is 5.04. The summed E-state index contributed by atoms with van der Waals surface area (Å²) < 4.78 is 0. The molecular formula is C6H8N3. The summed E-state index contributed by atoms with van der Waals surface area (Å²) in [7, 11) is 0. The van der Waals surface area contributed by atoms with Gasteiger partial charge in [0, 0.05) is 12.7 Å². The van der Waals surface area contributed by atoms with Gasteiger partial charge in [-0.15, -0.1) is 0 Å². The number of nitrogens with one attached hydrogen (secondary N) is 1. The fourth-order valence-corrected chi connectivity index (χ4v) is 0.523. The highest BCUT2D eigenvalue weighted by Gasteiger charge is 1.84. The van der Waals surface area contributed by atoms with E-state index in [0.29, 0.717) is 6.54 Å². The lowest BCUT2D eigenvalue weighted by Crippen LogP contribution is -1.98. The van der Waals surface area contributed by atoms with Crippen LogP contribution in [0.4, 0.5) is 5.82 Å². The average Bonchev–Trinajstić information content (AvgIpc) is 1.91. The number of aromatic nitrogens is 2. The molecule has 0 spiro atoms. The first kappa shape index (κ1) is 6.01. The van der Waals surface area contributed by atoms with Crippen molar-refractivity contribution in [3.05, 3.63) is 25.5 Å². The Bertz CT molecular complexity index is 161. The highest BCUT2D eigenvalue weighted by atomic mass is 15.0. The van der Waals surface area contributed by atoms with Crippen molar-refractivity contribution in [2.45, 2.75) is 0 Å². The van der Waals surface area contributed by atoms with E-state index in [1.807, 2.05) is 0 Å². The maximum atomic E-state index is 3.91. The average molecular weight is 122 g/mol. The second kappa shape index (κ2) is 3.02. The van der Waals surface area contributed by atoms with Gasteiger partial charge in [-0.2, -0.15) is 0 Å². The van der Waals surface area contributed by atoms with Crippen LogP contribution in [0.5, 0.6) is 0 Å². The van der Waals surface area contributed by atoms with Crippen molar-refractivity contribution in [3.8, 4) is 0 Å². The van der Waals surface area contributed by atoms with Gasteiger partial charge in [-0.3, -0.25) is 0 Å². The third-order valence-corrected chi connectivity index (χ3v) is 0.888. The standard InChI is InChI=1S/C6H8N3/c1-2-8-6-3-4-7-5-9-6/h3-5H,1-2H2,(H,7,8,9). The van der Waals surface area contributed by atoms with Crippen LogP contribution in [0.1, 0.15) is 0 Å². The molecule has 1 aromatic rings. The molecule has 0 saturated carbocycles. The summed E-state index contributed by atoms with van der Waals surface area (Å²) in [5.74, 6) is 0.819. The molecule has 3 heteroatoms. The van der Waals surface area contributed by atoms with Gasteiger partial charge in [0.15, 0.2) is 0 Å². The zero-order valence-electron chi connectivity index (χ0n) is 5.04. The summed E-state index contributed by atoms with van der Waals surface area (Å²) in [6.45, 7) is 4.26. The minimum absolute atomic E-state index is 0.650. The largest absolute Gasteiger partial charge is 0.370 e. The first-order valence-electron chi connectivity index (χ1n) is 2.72. The molecule has 1 rings (SSSR count). The Morgan fingerprint density at radius 2 is 2.56 bits per heavy atom. The number of rotatable bonds is 2. The van der Waals surface area contributed by atoms with E-state index in [-0.39, 0.29) is 0 Å². The fourth-order valence-electron chi connectivity index (χ4n) is 0.523. The monoisotopic (exact) mass is 122 g/mol. The minimum atomic E-state index is 0.650. The molecule has 47 valence electrons. The van der Waals surface area contributed by atoms with Gasteiger partial charge in [0.05, 0.1) is 0 Å². The molecule has 1 radical (unpaired) electrons. The molecule has 9 heavy (non-hydrogen) atoms. The van der Waals surface area contributed by atoms with Crippen LogP contribution in [0.2, 0.25) is 0 Å². The number of nitrogens with zero attached hydrogens (tertiary/aromatic N) is 2. The Balaban J connectivity index is 2.61. The highest BCUT2D eigenvalue weighted by molar-refractivity contribution is 5.31. The summed E-state index contributed by atoms with van der Waals surface area (Å²) >= 11 is 0. The molecule has 0 saturated heterocycles. The molecule has 1 N–H and O–H groups in total. The van der Waals surface area contributed by atoms with Gasteiger partial charge in [-0.05, 0) is 13.0 Å². The van der Waals surface area contributed by atoms with Crippen molar-refractivity contribution in [2.24, 2.45) is 0 Å². The quantitative estimate of drug-likeness (QED) is 0.628. The van der Waals surface area contributed by atoms with Crippen LogP contribution in [0, 0.1) is 6.92 Å². The van der Waals surface area contributed by atoms with Gasteiger partial charge < -0.3 is 5.32 Å². The summed E-state index contributed by atoms with van der Waals surface area (Å²) in [6, 6.07) is 1.80. The van der Waals surface area contributed by atoms with Crippen LogP contribution in [-0.4, -0.2) is 16.5 Å². The molecule has 1 aromatic heterocycles. The molecule has 1 heterocycles. The van der Waals surface area contributed by atoms with E-state index in [2.05, 4.69) is 22.2 Å². The Kier molecular flexibility index (Phi) is 2.01. The molecule has 0 fully saturated rings. The van der Waals surface area contributed by atoms with Gasteiger partial charge in [-0.25, -0.2) is 9.97 Å². The molecule has 0 bridgehead atoms. The molecule has 0 atom stereocenters. The van der Waals surface area contributed by atoms with E-state index in [4.69, 9.17) is 0 Å². The molecule has 3 nitrogen and oxygen atoms in total. The lowest BCUT2D eigenvalue weighted by Gasteiger charge is -1.97. The van der Waals surface area contributed by atoms with E-state index >= 15 is 0 Å². The van der Waals surface area contributed by atoms with Gasteiger partial charge in [0.2, 0.25) is 0 Å². The SMILES string of the molecule is [CH2]CNc1ccncn1. The second-order valence-corrected chi connectivity index (χ2v) is 1.52. The molecule has 0 aromatic carbocycles. The van der Waals surface area contributed by atoms with Crippen LogP contribution in [0.3, 0.4) is 0 Å². The van der Waals surface area contributed by atoms with E-state index in [9.17, 15) is 0 Å². The third-order valence-electron chi connectivity index (χ3n) is 0.888. The second-order valence-electron chi connectivity index (χ2n) is 1.52. The molecule has 0 aliphatic heterocycles. The Morgan fingerprint density at radius 1 is 1.67 bits per heavy atom. The van der Waals surface area contributed by atoms with E-state index in [0.717, 1.165) is 5.82 Å². The predicted molar refractivity (Wildman–Crippen MR) is 35.9 cm³/mol. The summed E-state index contributed by atoms with van der Waals surface area (Å²) in [6.07, 6.45) is 3.18. The summed E-state index contributed by atoms with van der Waals surface area (Å²) in [5.41, 5.74) is 0. The zero-order chi connectivity index (χ0) is 6.53. The number of hydrogen-bond acceptors (Lipinski definition) is 3. The molecule has 0 aliphatic rings.